The zero-order chi connectivity index (χ0) is 23.5. The van der Waals surface area contributed by atoms with Crippen molar-refractivity contribution >= 4 is 34.2 Å². The van der Waals surface area contributed by atoms with Crippen molar-refractivity contribution < 1.29 is 23.5 Å². The first-order chi connectivity index (χ1) is 15.0. The minimum absolute atomic E-state index is 0.0327. The second-order valence-corrected chi connectivity index (χ2v) is 9.66. The van der Waals surface area contributed by atoms with E-state index in [0.29, 0.717) is 35.0 Å². The number of hydrogen-bond acceptors (Lipinski definition) is 7. The van der Waals surface area contributed by atoms with Gasteiger partial charge in [0.1, 0.15) is 10.6 Å². The molecular weight excluding hydrogens is 435 g/mol. The van der Waals surface area contributed by atoms with Crippen molar-refractivity contribution in [1.82, 2.24) is 9.27 Å². The maximum Gasteiger partial charge on any atom is 0.410 e. The van der Waals surface area contributed by atoms with Gasteiger partial charge in [-0.15, -0.1) is 0 Å². The number of carbonyl (C=O) groups excluding carboxylic acids is 2. The second kappa shape index (κ2) is 9.72. The number of nitrogens with two attached hydrogens (primary N) is 1. The predicted molar refractivity (Wildman–Crippen MR) is 122 cm³/mol. The fourth-order valence-corrected chi connectivity index (χ4v) is 4.11. The smallest absolute Gasteiger partial charge is 0.410 e. The lowest BCUT2D eigenvalue weighted by atomic mass is 9.99. The highest BCUT2D eigenvalue weighted by molar-refractivity contribution is 7.10. The minimum atomic E-state index is -0.559. The van der Waals surface area contributed by atoms with Gasteiger partial charge in [-0.05, 0) is 64.2 Å². The maximum atomic E-state index is 14.3. The van der Waals surface area contributed by atoms with Crippen LogP contribution in [-0.2, 0) is 4.74 Å². The average molecular weight is 465 g/mol. The summed E-state index contributed by atoms with van der Waals surface area (Å²) in [6.45, 7) is 8.54. The molecular formula is C22H29FN4O4S. The van der Waals surface area contributed by atoms with Gasteiger partial charge in [0.05, 0.1) is 17.9 Å². The number of ether oxygens (including phenoxy) is 2. The molecule has 1 aliphatic rings. The van der Waals surface area contributed by atoms with Crippen molar-refractivity contribution in [1.29, 1.82) is 0 Å². The molecule has 174 valence electrons. The van der Waals surface area contributed by atoms with Crippen LogP contribution in [0.5, 0.6) is 5.75 Å². The molecule has 1 aromatic heterocycles. The number of piperidine rings is 1. The maximum absolute atomic E-state index is 14.3. The van der Waals surface area contributed by atoms with Gasteiger partial charge in [0, 0.05) is 30.8 Å². The summed E-state index contributed by atoms with van der Waals surface area (Å²) in [7, 11) is 0. The van der Waals surface area contributed by atoms with Crippen LogP contribution in [0.3, 0.4) is 0 Å². The van der Waals surface area contributed by atoms with Crippen LogP contribution in [0.15, 0.2) is 18.2 Å². The van der Waals surface area contributed by atoms with Gasteiger partial charge in [0.2, 0.25) is 0 Å². The highest BCUT2D eigenvalue weighted by Crippen LogP contribution is 2.27. The largest absolute Gasteiger partial charge is 0.490 e. The molecule has 2 aromatic rings. The summed E-state index contributed by atoms with van der Waals surface area (Å²) in [5, 5.41) is 3.03. The number of amides is 2. The second-order valence-electron chi connectivity index (χ2n) is 8.85. The van der Waals surface area contributed by atoms with Crippen molar-refractivity contribution in [2.45, 2.75) is 46.1 Å². The van der Waals surface area contributed by atoms with Crippen LogP contribution in [0.4, 0.5) is 19.9 Å². The van der Waals surface area contributed by atoms with Crippen LogP contribution in [-0.4, -0.2) is 46.6 Å². The fourth-order valence-electron chi connectivity index (χ4n) is 3.45. The van der Waals surface area contributed by atoms with Gasteiger partial charge >= 0.3 is 6.09 Å². The fraction of sp³-hybridized carbons (Fsp3) is 0.500. The van der Waals surface area contributed by atoms with Gasteiger partial charge in [-0.2, -0.15) is 4.37 Å². The third kappa shape index (κ3) is 6.09. The van der Waals surface area contributed by atoms with E-state index in [-0.39, 0.29) is 24.4 Å². The van der Waals surface area contributed by atoms with Crippen LogP contribution in [0.25, 0.3) is 0 Å². The van der Waals surface area contributed by atoms with E-state index in [2.05, 4.69) is 9.69 Å². The highest BCUT2D eigenvalue weighted by Gasteiger charge is 2.28. The standard InChI is InChI=1S/C22H29FN4O4S/c1-13-18(19(24)32-26-13)20(28)25-15-7-8-16(23)17(10-15)30-12-14-6-5-9-27(11-14)21(29)31-22(2,3)4/h7-8,10,14H,5-6,9,11-12,24H2,1-4H3,(H,25,28)/t14-/m0/s1. The molecule has 2 heterocycles. The van der Waals surface area contributed by atoms with E-state index in [1.54, 1.807) is 11.8 Å². The molecule has 1 aromatic carbocycles. The Labute approximate surface area is 191 Å². The van der Waals surface area contributed by atoms with E-state index in [4.69, 9.17) is 15.2 Å². The summed E-state index contributed by atoms with van der Waals surface area (Å²) in [4.78, 5) is 26.5. The molecule has 3 rings (SSSR count). The van der Waals surface area contributed by atoms with E-state index in [1.807, 2.05) is 20.8 Å². The molecule has 0 aliphatic carbocycles. The van der Waals surface area contributed by atoms with Crippen LogP contribution in [0.2, 0.25) is 0 Å². The lowest BCUT2D eigenvalue weighted by molar-refractivity contribution is 0.0138. The Morgan fingerprint density at radius 2 is 2.12 bits per heavy atom. The van der Waals surface area contributed by atoms with Gasteiger partial charge < -0.3 is 25.4 Å². The number of aryl methyl sites for hydroxylation is 1. The summed E-state index contributed by atoms with van der Waals surface area (Å²) < 4.78 is 29.5. The number of likely N-dealkylation sites (tertiary alicyclic amines) is 1. The Morgan fingerprint density at radius 1 is 1.38 bits per heavy atom. The quantitative estimate of drug-likeness (QED) is 0.677. The first-order valence-corrected chi connectivity index (χ1v) is 11.2. The topological polar surface area (TPSA) is 107 Å². The van der Waals surface area contributed by atoms with Crippen molar-refractivity contribution in [3.8, 4) is 5.75 Å². The van der Waals surface area contributed by atoms with Gasteiger partial charge in [0.25, 0.3) is 5.91 Å². The number of rotatable bonds is 5. The molecule has 1 atom stereocenters. The monoisotopic (exact) mass is 464 g/mol. The number of nitrogen functional groups attached to an aromatic ring is 1. The van der Waals surface area contributed by atoms with Gasteiger partial charge in [-0.25, -0.2) is 9.18 Å². The van der Waals surface area contributed by atoms with Crippen LogP contribution < -0.4 is 15.8 Å². The molecule has 0 radical (unpaired) electrons. The number of nitrogens with zero attached hydrogens (tertiary/aromatic N) is 2. The molecule has 0 spiro atoms. The highest BCUT2D eigenvalue weighted by atomic mass is 32.1. The van der Waals surface area contributed by atoms with Crippen LogP contribution >= 0.6 is 11.5 Å². The first-order valence-electron chi connectivity index (χ1n) is 10.5. The molecule has 0 bridgehead atoms. The zero-order valence-corrected chi connectivity index (χ0v) is 19.6. The summed E-state index contributed by atoms with van der Waals surface area (Å²) in [5.41, 5.74) is 6.49. The van der Waals surface area contributed by atoms with Gasteiger partial charge in [-0.3, -0.25) is 4.79 Å². The van der Waals surface area contributed by atoms with E-state index in [0.717, 1.165) is 24.4 Å². The Morgan fingerprint density at radius 3 is 2.78 bits per heavy atom. The number of carbonyl (C=O) groups is 2. The molecule has 3 N–H and O–H groups in total. The van der Waals surface area contributed by atoms with Crippen LogP contribution in [0, 0.1) is 18.7 Å². The first kappa shape index (κ1) is 23.8. The number of aromatic nitrogens is 1. The van der Waals surface area contributed by atoms with Crippen molar-refractivity contribution in [3.05, 3.63) is 35.3 Å². The summed E-state index contributed by atoms with van der Waals surface area (Å²) in [6.07, 6.45) is 1.33. The molecule has 1 fully saturated rings. The Hall–Kier alpha value is -2.88. The van der Waals surface area contributed by atoms with Gasteiger partial charge in [-0.1, -0.05) is 0 Å². The molecule has 8 nitrogen and oxygen atoms in total. The molecule has 1 aliphatic heterocycles. The average Bonchev–Trinajstić information content (AvgIpc) is 3.05. The summed E-state index contributed by atoms with van der Waals surface area (Å²) >= 11 is 1.05. The van der Waals surface area contributed by atoms with E-state index in [9.17, 15) is 14.0 Å². The summed E-state index contributed by atoms with van der Waals surface area (Å²) in [5.74, 6) is -0.860. The van der Waals surface area contributed by atoms with Crippen molar-refractivity contribution in [3.63, 3.8) is 0 Å². The number of hydrogen-bond donors (Lipinski definition) is 2. The molecule has 0 unspecified atom stereocenters. The normalized spacial score (nSPS) is 16.5. The number of benzene rings is 1. The van der Waals surface area contributed by atoms with E-state index < -0.39 is 17.3 Å². The molecule has 0 saturated carbocycles. The van der Waals surface area contributed by atoms with E-state index in [1.165, 1.54) is 18.2 Å². The molecule has 1 saturated heterocycles. The zero-order valence-electron chi connectivity index (χ0n) is 18.7. The number of halogens is 1. The molecule has 32 heavy (non-hydrogen) atoms. The number of anilines is 2. The SMILES string of the molecule is Cc1nsc(N)c1C(=O)Nc1ccc(F)c(OC[C@H]2CCCN(C(=O)OC(C)(C)C)C2)c1. The van der Waals surface area contributed by atoms with E-state index >= 15 is 0 Å². The Bertz CT molecular complexity index is 969. The van der Waals surface area contributed by atoms with Crippen LogP contribution in [0.1, 0.15) is 49.7 Å². The third-order valence-corrected chi connectivity index (χ3v) is 5.72. The lowest BCUT2D eigenvalue weighted by Crippen LogP contribution is -2.44. The number of nitrogens with one attached hydrogen (secondary N) is 1. The Balaban J connectivity index is 1.60. The van der Waals surface area contributed by atoms with Crippen molar-refractivity contribution in [2.24, 2.45) is 5.92 Å². The molecule has 10 heteroatoms. The Kier molecular flexibility index (Phi) is 7.22. The third-order valence-electron chi connectivity index (χ3n) is 4.95. The van der Waals surface area contributed by atoms with Crippen molar-refractivity contribution in [2.75, 3.05) is 30.7 Å². The van der Waals surface area contributed by atoms with Gasteiger partial charge in [0.15, 0.2) is 11.6 Å². The predicted octanol–water partition coefficient (Wildman–Crippen LogP) is 4.45. The molecule has 2 amide bonds. The minimum Gasteiger partial charge on any atom is -0.490 e. The summed E-state index contributed by atoms with van der Waals surface area (Å²) in [6, 6.07) is 4.13. The lowest BCUT2D eigenvalue weighted by Gasteiger charge is -2.34.